The number of nitrogens with one attached hydrogen (secondary N) is 1. The van der Waals surface area contributed by atoms with E-state index in [1.807, 2.05) is 55.4 Å². The fraction of sp³-hybridized carbons (Fsp3) is 0.476. The highest BCUT2D eigenvalue weighted by Crippen LogP contribution is 2.16. The van der Waals surface area contributed by atoms with E-state index in [2.05, 4.69) is 15.4 Å². The Balaban J connectivity index is 0.00000363. The number of amides is 1. The Morgan fingerprint density at radius 2 is 1.97 bits per heavy atom. The monoisotopic (exact) mass is 574 g/mol. The molecule has 1 aromatic carbocycles. The van der Waals surface area contributed by atoms with Gasteiger partial charge >= 0.3 is 0 Å². The molecule has 1 aliphatic heterocycles. The number of aromatic nitrogens is 2. The van der Waals surface area contributed by atoms with Crippen molar-refractivity contribution in [3.63, 3.8) is 0 Å². The summed E-state index contributed by atoms with van der Waals surface area (Å²) >= 11 is 0. The molecule has 1 aromatic heterocycles. The summed E-state index contributed by atoms with van der Waals surface area (Å²) in [6, 6.07) is 9.19. The molecule has 0 saturated carbocycles. The van der Waals surface area contributed by atoms with Crippen LogP contribution in [0.25, 0.3) is 0 Å². The highest BCUT2D eigenvalue weighted by molar-refractivity contribution is 14.0. The van der Waals surface area contributed by atoms with Crippen LogP contribution < -0.4 is 10.2 Å². The summed E-state index contributed by atoms with van der Waals surface area (Å²) in [7, 11) is -1.37. The number of aryl methyl sites for hydroxylation is 1. The van der Waals surface area contributed by atoms with Crippen LogP contribution in [-0.4, -0.2) is 73.4 Å². The lowest BCUT2D eigenvalue weighted by Gasteiger charge is -2.35. The topological polar surface area (TPSA) is 99.9 Å². The molecule has 1 fully saturated rings. The minimum absolute atomic E-state index is 0. The van der Waals surface area contributed by atoms with Gasteiger partial charge in [0.15, 0.2) is 15.8 Å². The van der Waals surface area contributed by atoms with Crippen LogP contribution >= 0.6 is 24.0 Å². The predicted molar refractivity (Wildman–Crippen MR) is 137 cm³/mol. The lowest BCUT2D eigenvalue weighted by Crippen LogP contribution is -2.55. The van der Waals surface area contributed by atoms with Gasteiger partial charge in [0.25, 0.3) is 0 Å². The van der Waals surface area contributed by atoms with E-state index in [1.54, 1.807) is 15.8 Å². The summed E-state index contributed by atoms with van der Waals surface area (Å²) < 4.78 is 26.4. The van der Waals surface area contributed by atoms with Crippen molar-refractivity contribution in [3.05, 3.63) is 48.3 Å². The molecular formula is C21H31IN6O3S. The molecule has 1 saturated heterocycles. The minimum Gasteiger partial charge on any atom is -0.357 e. The zero-order chi connectivity index (χ0) is 22.3. The lowest BCUT2D eigenvalue weighted by atomic mass is 10.2. The lowest BCUT2D eigenvalue weighted by molar-refractivity contribution is -0.120. The van der Waals surface area contributed by atoms with Crippen molar-refractivity contribution in [3.8, 4) is 0 Å². The summed E-state index contributed by atoms with van der Waals surface area (Å²) in [6.07, 6.45) is 3.94. The third-order valence-electron chi connectivity index (χ3n) is 4.96. The number of benzene rings is 1. The Morgan fingerprint density at radius 1 is 1.22 bits per heavy atom. The number of piperazine rings is 1. The van der Waals surface area contributed by atoms with Crippen molar-refractivity contribution in [2.45, 2.75) is 19.1 Å². The van der Waals surface area contributed by atoms with Crippen LogP contribution in [0.4, 0.5) is 5.69 Å². The summed E-state index contributed by atoms with van der Waals surface area (Å²) in [5.74, 6) is 0.749. The van der Waals surface area contributed by atoms with Crippen molar-refractivity contribution < 1.29 is 13.2 Å². The Kier molecular flexibility index (Phi) is 9.94. The van der Waals surface area contributed by atoms with Crippen LogP contribution in [0.3, 0.4) is 0 Å². The van der Waals surface area contributed by atoms with Gasteiger partial charge in [-0.15, -0.1) is 24.0 Å². The quantitative estimate of drug-likeness (QED) is 0.223. The number of carbonyl (C=O) groups excluding carboxylic acids is 1. The van der Waals surface area contributed by atoms with E-state index in [4.69, 9.17) is 0 Å². The molecule has 1 amide bonds. The van der Waals surface area contributed by atoms with E-state index in [0.717, 1.165) is 11.3 Å². The average Bonchev–Trinajstić information content (AvgIpc) is 3.16. The van der Waals surface area contributed by atoms with Crippen LogP contribution in [0.15, 0.2) is 47.7 Å². The normalized spacial score (nSPS) is 14.9. The molecular weight excluding hydrogens is 543 g/mol. The highest BCUT2D eigenvalue weighted by atomic mass is 127. The van der Waals surface area contributed by atoms with E-state index in [-0.39, 0.29) is 47.9 Å². The third-order valence-corrected chi connectivity index (χ3v) is 6.65. The maximum atomic E-state index is 12.6. The van der Waals surface area contributed by atoms with Crippen LogP contribution in [-0.2, 0) is 27.4 Å². The number of carbonyl (C=O) groups is 1. The second-order valence-corrected chi connectivity index (χ2v) is 9.69. The molecule has 1 N–H and O–H groups in total. The molecule has 0 bridgehead atoms. The number of hydrogen-bond acceptors (Lipinski definition) is 5. The van der Waals surface area contributed by atoms with Gasteiger partial charge < -0.3 is 15.1 Å². The van der Waals surface area contributed by atoms with Crippen molar-refractivity contribution in [2.24, 2.45) is 12.0 Å². The van der Waals surface area contributed by atoms with Gasteiger partial charge in [0.1, 0.15) is 6.54 Å². The standard InChI is InChI=1S/C21H30N6O3S.HI/c1-3-22-21(23-10-7-13-31(29,30)17-18-8-5-4-6-9-18)26-11-12-27(20(28)16-26)19-14-24-25(2)15-19;/h4-6,8-9,14-15H,3,7,10-13,16-17H2,1-2H3,(H,22,23);1H. The van der Waals surface area contributed by atoms with Crippen LogP contribution in [0.2, 0.25) is 0 Å². The Morgan fingerprint density at radius 3 is 2.59 bits per heavy atom. The van der Waals surface area contributed by atoms with Crippen molar-refractivity contribution in [1.82, 2.24) is 20.0 Å². The zero-order valence-electron chi connectivity index (χ0n) is 18.5. The number of rotatable bonds is 8. The predicted octanol–water partition coefficient (Wildman–Crippen LogP) is 1.66. The van der Waals surface area contributed by atoms with Gasteiger partial charge in [0, 0.05) is 39.4 Å². The number of halogens is 1. The molecule has 0 aliphatic carbocycles. The molecule has 0 radical (unpaired) electrons. The first-order chi connectivity index (χ1) is 14.9. The second-order valence-electron chi connectivity index (χ2n) is 7.51. The van der Waals surface area contributed by atoms with Gasteiger partial charge in [-0.25, -0.2) is 8.42 Å². The first-order valence-electron chi connectivity index (χ1n) is 10.4. The molecule has 0 spiro atoms. The Labute approximate surface area is 206 Å². The number of anilines is 1. The molecule has 0 unspecified atom stereocenters. The van der Waals surface area contributed by atoms with Gasteiger partial charge in [0.05, 0.1) is 23.4 Å². The summed E-state index contributed by atoms with van der Waals surface area (Å²) in [5.41, 5.74) is 1.59. The molecule has 2 heterocycles. The molecule has 3 rings (SSSR count). The molecule has 11 heteroatoms. The number of hydrogen-bond donors (Lipinski definition) is 1. The van der Waals surface area contributed by atoms with Crippen LogP contribution in [0, 0.1) is 0 Å². The summed E-state index contributed by atoms with van der Waals surface area (Å²) in [6.45, 7) is 4.41. The minimum atomic E-state index is -3.19. The summed E-state index contributed by atoms with van der Waals surface area (Å²) in [4.78, 5) is 20.8. The number of aliphatic imine (C=N–C) groups is 1. The van der Waals surface area contributed by atoms with Crippen molar-refractivity contribution in [2.75, 3.05) is 43.4 Å². The Bertz CT molecular complexity index is 1010. The number of nitrogens with zero attached hydrogens (tertiary/aromatic N) is 5. The van der Waals surface area contributed by atoms with Gasteiger partial charge in [-0.3, -0.25) is 14.5 Å². The van der Waals surface area contributed by atoms with E-state index in [9.17, 15) is 13.2 Å². The van der Waals surface area contributed by atoms with E-state index in [0.29, 0.717) is 38.6 Å². The highest BCUT2D eigenvalue weighted by Gasteiger charge is 2.27. The molecule has 176 valence electrons. The molecule has 1 aliphatic rings. The molecule has 0 atom stereocenters. The smallest absolute Gasteiger partial charge is 0.246 e. The zero-order valence-corrected chi connectivity index (χ0v) is 21.6. The maximum Gasteiger partial charge on any atom is 0.246 e. The van der Waals surface area contributed by atoms with Gasteiger partial charge in [-0.2, -0.15) is 5.10 Å². The molecule has 32 heavy (non-hydrogen) atoms. The summed E-state index contributed by atoms with van der Waals surface area (Å²) in [5, 5.41) is 7.34. The second kappa shape index (κ2) is 12.2. The van der Waals surface area contributed by atoms with Gasteiger partial charge in [-0.1, -0.05) is 30.3 Å². The van der Waals surface area contributed by atoms with E-state index < -0.39 is 9.84 Å². The number of guanidine groups is 1. The van der Waals surface area contributed by atoms with Crippen molar-refractivity contribution in [1.29, 1.82) is 0 Å². The van der Waals surface area contributed by atoms with Gasteiger partial charge in [0.2, 0.25) is 5.91 Å². The molecule has 9 nitrogen and oxygen atoms in total. The fourth-order valence-electron chi connectivity index (χ4n) is 3.47. The Hall–Kier alpha value is -2.15. The average molecular weight is 574 g/mol. The fourth-order valence-corrected chi connectivity index (χ4v) is 4.88. The first-order valence-corrected chi connectivity index (χ1v) is 12.3. The SMILES string of the molecule is CCNC(=NCCCS(=O)(=O)Cc1ccccc1)N1CCN(c2cnn(C)c2)C(=O)C1.I. The van der Waals surface area contributed by atoms with Crippen LogP contribution in [0.5, 0.6) is 0 Å². The third kappa shape index (κ3) is 7.47. The maximum absolute atomic E-state index is 12.6. The van der Waals surface area contributed by atoms with Crippen LogP contribution in [0.1, 0.15) is 18.9 Å². The number of sulfone groups is 1. The van der Waals surface area contributed by atoms with E-state index in [1.165, 1.54) is 0 Å². The van der Waals surface area contributed by atoms with Gasteiger partial charge in [-0.05, 0) is 18.9 Å². The van der Waals surface area contributed by atoms with Crippen molar-refractivity contribution >= 4 is 51.4 Å². The molecule has 2 aromatic rings. The van der Waals surface area contributed by atoms with E-state index >= 15 is 0 Å². The first kappa shape index (κ1) is 26.1. The largest absolute Gasteiger partial charge is 0.357 e.